The molecule has 0 aromatic heterocycles. The van der Waals surface area contributed by atoms with Crippen LogP contribution in [0, 0.1) is 13.8 Å². The first-order valence-corrected chi connectivity index (χ1v) is 8.77. The van der Waals surface area contributed by atoms with Crippen LogP contribution in [0.4, 0.5) is 0 Å². The van der Waals surface area contributed by atoms with Crippen LogP contribution in [-0.4, -0.2) is 8.42 Å². The Kier molecular flexibility index (Phi) is 4.65. The molecule has 0 saturated carbocycles. The van der Waals surface area contributed by atoms with E-state index >= 15 is 0 Å². The van der Waals surface area contributed by atoms with Gasteiger partial charge in [-0.3, -0.25) is 0 Å². The number of sulfone groups is 1. The Labute approximate surface area is 133 Å². The second-order valence-electron chi connectivity index (χ2n) is 4.64. The Morgan fingerprint density at radius 3 is 2.20 bits per heavy atom. The van der Waals surface area contributed by atoms with E-state index in [1.165, 1.54) is 5.41 Å². The topological polar surface area (TPSA) is 34.1 Å². The van der Waals surface area contributed by atoms with Crippen molar-refractivity contribution in [1.29, 1.82) is 0 Å². The van der Waals surface area contributed by atoms with Gasteiger partial charge in [0.05, 0.1) is 4.90 Å². The standard InChI is InChI=1S/C16H15IO2S/c1-12-7-9-14(10-8-12)20(18,19)11-16(17)15-6-4-3-5-13(15)2/h3-11H,1-2H3/b16-11+. The van der Waals surface area contributed by atoms with E-state index in [9.17, 15) is 8.42 Å². The van der Waals surface area contributed by atoms with Crippen LogP contribution < -0.4 is 0 Å². The number of hydrogen-bond donors (Lipinski definition) is 0. The second kappa shape index (κ2) is 6.10. The Balaban J connectivity index is 2.43. The quantitative estimate of drug-likeness (QED) is 0.713. The van der Waals surface area contributed by atoms with Gasteiger partial charge in [0.25, 0.3) is 0 Å². The Hall–Kier alpha value is -1.14. The summed E-state index contributed by atoms with van der Waals surface area (Å²) in [6.07, 6.45) is 0. The minimum atomic E-state index is -3.41. The molecule has 0 N–H and O–H groups in total. The molecule has 4 heteroatoms. The molecule has 0 atom stereocenters. The zero-order chi connectivity index (χ0) is 14.8. The third-order valence-electron chi connectivity index (χ3n) is 3.01. The maximum absolute atomic E-state index is 12.4. The molecule has 20 heavy (non-hydrogen) atoms. The largest absolute Gasteiger partial charge is 0.219 e. The molecule has 0 radical (unpaired) electrons. The molecule has 2 nitrogen and oxygen atoms in total. The minimum absolute atomic E-state index is 0.325. The van der Waals surface area contributed by atoms with Gasteiger partial charge in [-0.1, -0.05) is 42.0 Å². The molecule has 0 spiro atoms. The summed E-state index contributed by atoms with van der Waals surface area (Å²) in [5, 5.41) is 1.33. The van der Waals surface area contributed by atoms with Crippen molar-refractivity contribution in [3.05, 3.63) is 70.6 Å². The highest BCUT2D eigenvalue weighted by molar-refractivity contribution is 14.1. The third-order valence-corrected chi connectivity index (χ3v) is 5.80. The van der Waals surface area contributed by atoms with Crippen molar-refractivity contribution in [3.8, 4) is 0 Å². The van der Waals surface area contributed by atoms with Crippen LogP contribution in [0.1, 0.15) is 16.7 Å². The summed E-state index contributed by atoms with van der Waals surface area (Å²) in [5.74, 6) is 0. The van der Waals surface area contributed by atoms with Crippen molar-refractivity contribution in [2.45, 2.75) is 18.7 Å². The van der Waals surface area contributed by atoms with Crippen LogP contribution in [-0.2, 0) is 9.84 Å². The molecule has 0 aliphatic carbocycles. The molecular formula is C16H15IO2S. The number of aryl methyl sites for hydroxylation is 2. The predicted octanol–water partition coefficient (Wildman–Crippen LogP) is 4.51. The summed E-state index contributed by atoms with van der Waals surface area (Å²) >= 11 is 2.07. The van der Waals surface area contributed by atoms with E-state index in [0.717, 1.165) is 20.3 Å². The van der Waals surface area contributed by atoms with Crippen molar-refractivity contribution in [3.63, 3.8) is 0 Å². The summed E-state index contributed by atoms with van der Waals surface area (Å²) in [4.78, 5) is 0.325. The fraction of sp³-hybridized carbons (Fsp3) is 0.125. The summed E-state index contributed by atoms with van der Waals surface area (Å²) in [6.45, 7) is 3.91. The molecule has 0 saturated heterocycles. The molecule has 0 heterocycles. The Morgan fingerprint density at radius 2 is 1.60 bits per heavy atom. The van der Waals surface area contributed by atoms with Crippen LogP contribution in [0.15, 0.2) is 58.8 Å². The highest BCUT2D eigenvalue weighted by Gasteiger charge is 2.13. The summed E-state index contributed by atoms with van der Waals surface area (Å²) in [5.41, 5.74) is 3.05. The van der Waals surface area contributed by atoms with E-state index in [1.807, 2.05) is 38.1 Å². The molecule has 0 bridgehead atoms. The number of rotatable bonds is 3. The van der Waals surface area contributed by atoms with Crippen molar-refractivity contribution < 1.29 is 8.42 Å². The van der Waals surface area contributed by atoms with Crippen LogP contribution in [0.5, 0.6) is 0 Å². The lowest BCUT2D eigenvalue weighted by atomic mass is 10.1. The molecule has 104 valence electrons. The number of benzene rings is 2. The molecule has 0 unspecified atom stereocenters. The van der Waals surface area contributed by atoms with Gasteiger partial charge in [-0.2, -0.15) is 0 Å². The van der Waals surface area contributed by atoms with E-state index in [0.29, 0.717) is 4.90 Å². The predicted molar refractivity (Wildman–Crippen MR) is 91.5 cm³/mol. The monoisotopic (exact) mass is 398 g/mol. The van der Waals surface area contributed by atoms with Gasteiger partial charge in [0, 0.05) is 8.99 Å². The van der Waals surface area contributed by atoms with Gasteiger partial charge in [-0.25, -0.2) is 8.42 Å². The van der Waals surface area contributed by atoms with Crippen LogP contribution in [0.3, 0.4) is 0 Å². The van der Waals surface area contributed by atoms with E-state index in [1.54, 1.807) is 24.3 Å². The van der Waals surface area contributed by atoms with Crippen LogP contribution >= 0.6 is 22.6 Å². The van der Waals surface area contributed by atoms with E-state index in [4.69, 9.17) is 0 Å². The van der Waals surface area contributed by atoms with E-state index in [2.05, 4.69) is 22.6 Å². The summed E-state index contributed by atoms with van der Waals surface area (Å²) in [7, 11) is -3.41. The van der Waals surface area contributed by atoms with Crippen molar-refractivity contribution >= 4 is 36.0 Å². The first kappa shape index (κ1) is 15.3. The fourth-order valence-corrected chi connectivity index (χ4v) is 4.50. The molecule has 2 rings (SSSR count). The maximum atomic E-state index is 12.4. The Bertz CT molecular complexity index is 744. The van der Waals surface area contributed by atoms with Gasteiger partial charge in [0.15, 0.2) is 0 Å². The van der Waals surface area contributed by atoms with Gasteiger partial charge in [0.1, 0.15) is 0 Å². The minimum Gasteiger partial charge on any atom is -0.219 e. The van der Waals surface area contributed by atoms with Gasteiger partial charge in [0.2, 0.25) is 9.84 Å². The van der Waals surface area contributed by atoms with Crippen molar-refractivity contribution in [2.75, 3.05) is 0 Å². The summed E-state index contributed by atoms with van der Waals surface area (Å²) < 4.78 is 25.4. The smallest absolute Gasteiger partial charge is 0.200 e. The van der Waals surface area contributed by atoms with Crippen molar-refractivity contribution in [1.82, 2.24) is 0 Å². The zero-order valence-corrected chi connectivity index (χ0v) is 14.3. The van der Waals surface area contributed by atoms with E-state index in [-0.39, 0.29) is 0 Å². The summed E-state index contributed by atoms with van der Waals surface area (Å²) in [6, 6.07) is 14.7. The first-order valence-electron chi connectivity index (χ1n) is 6.15. The molecule has 0 aliphatic heterocycles. The average molecular weight is 398 g/mol. The molecule has 2 aromatic rings. The molecular weight excluding hydrogens is 383 g/mol. The number of hydrogen-bond acceptors (Lipinski definition) is 2. The molecule has 0 aliphatic rings. The SMILES string of the molecule is Cc1ccc(S(=O)(=O)/C=C(/I)c2ccccc2C)cc1. The Morgan fingerprint density at radius 1 is 1.00 bits per heavy atom. The molecule has 0 fully saturated rings. The first-order chi connectivity index (χ1) is 9.40. The van der Waals surface area contributed by atoms with E-state index < -0.39 is 9.84 Å². The van der Waals surface area contributed by atoms with Crippen molar-refractivity contribution in [2.24, 2.45) is 0 Å². The van der Waals surface area contributed by atoms with Crippen LogP contribution in [0.2, 0.25) is 0 Å². The lowest BCUT2D eigenvalue weighted by Gasteiger charge is -2.05. The zero-order valence-electron chi connectivity index (χ0n) is 11.3. The van der Waals surface area contributed by atoms with Gasteiger partial charge in [-0.05, 0) is 59.7 Å². The highest BCUT2D eigenvalue weighted by atomic mass is 127. The highest BCUT2D eigenvalue weighted by Crippen LogP contribution is 2.27. The second-order valence-corrected chi connectivity index (χ2v) is 7.60. The number of halogens is 1. The fourth-order valence-electron chi connectivity index (χ4n) is 1.84. The normalized spacial score (nSPS) is 12.4. The van der Waals surface area contributed by atoms with Gasteiger partial charge < -0.3 is 0 Å². The van der Waals surface area contributed by atoms with Crippen LogP contribution in [0.25, 0.3) is 3.58 Å². The molecule has 2 aromatic carbocycles. The van der Waals surface area contributed by atoms with Gasteiger partial charge in [-0.15, -0.1) is 0 Å². The molecule has 0 amide bonds. The van der Waals surface area contributed by atoms with Gasteiger partial charge >= 0.3 is 0 Å². The third kappa shape index (κ3) is 3.49. The maximum Gasteiger partial charge on any atom is 0.200 e. The average Bonchev–Trinajstić information content (AvgIpc) is 2.39. The lowest BCUT2D eigenvalue weighted by molar-refractivity contribution is 0.605. The lowest BCUT2D eigenvalue weighted by Crippen LogP contribution is -1.97.